The monoisotopic (exact) mass is 473 g/mol. The van der Waals surface area contributed by atoms with Gasteiger partial charge in [-0.2, -0.15) is 0 Å². The molecule has 1 fully saturated rings. The van der Waals surface area contributed by atoms with E-state index in [4.69, 9.17) is 37.1 Å². The smallest absolute Gasteiger partial charge is 0.300 e. The van der Waals surface area contributed by atoms with Gasteiger partial charge >= 0.3 is 0 Å². The van der Waals surface area contributed by atoms with Crippen molar-refractivity contribution in [3.8, 4) is 11.5 Å². The number of ketones is 1. The maximum atomic E-state index is 13.1. The van der Waals surface area contributed by atoms with Crippen molar-refractivity contribution >= 4 is 46.3 Å². The standard InChI is InChI=1S/C23H17Cl2NO6/c1-30-17-11-18(31-2)15(25)10-14(17)21(27)19-20(16-7-4-8-32-16)26(23(29)22(19)28)13-6-3-5-12(24)9-13/h3-11,20,27H,1-2H3/b21-19-. The summed E-state index contributed by atoms with van der Waals surface area (Å²) in [6, 6.07) is 11.6. The van der Waals surface area contributed by atoms with Crippen LogP contribution >= 0.6 is 23.2 Å². The molecule has 1 amide bonds. The Morgan fingerprint density at radius 3 is 2.41 bits per heavy atom. The van der Waals surface area contributed by atoms with E-state index in [1.165, 1.54) is 37.5 Å². The number of anilines is 1. The fraction of sp³-hybridized carbons (Fsp3) is 0.130. The summed E-state index contributed by atoms with van der Waals surface area (Å²) in [6.45, 7) is 0. The SMILES string of the molecule is COc1cc(OC)c(/C(O)=C2/C(=O)C(=O)N(c3cccc(Cl)c3)C2c2ccco2)cc1Cl. The molecule has 0 spiro atoms. The highest BCUT2D eigenvalue weighted by Crippen LogP contribution is 2.45. The fourth-order valence-corrected chi connectivity index (χ4v) is 4.06. The van der Waals surface area contributed by atoms with Gasteiger partial charge < -0.3 is 19.0 Å². The number of aliphatic hydroxyl groups is 1. The van der Waals surface area contributed by atoms with Crippen molar-refractivity contribution < 1.29 is 28.6 Å². The molecule has 7 nitrogen and oxygen atoms in total. The predicted molar refractivity (Wildman–Crippen MR) is 119 cm³/mol. The third kappa shape index (κ3) is 3.59. The number of carbonyl (C=O) groups is 2. The second-order valence-electron chi connectivity index (χ2n) is 6.85. The van der Waals surface area contributed by atoms with Crippen LogP contribution in [0.5, 0.6) is 11.5 Å². The van der Waals surface area contributed by atoms with Gasteiger partial charge in [0, 0.05) is 16.8 Å². The third-order valence-corrected chi connectivity index (χ3v) is 5.60. The molecule has 2 heterocycles. The van der Waals surface area contributed by atoms with E-state index in [0.29, 0.717) is 16.5 Å². The maximum absolute atomic E-state index is 13.1. The zero-order chi connectivity index (χ0) is 23.0. The largest absolute Gasteiger partial charge is 0.507 e. The van der Waals surface area contributed by atoms with Crippen molar-refractivity contribution in [2.75, 3.05) is 19.1 Å². The Labute approximate surface area is 193 Å². The predicted octanol–water partition coefficient (Wildman–Crippen LogP) is 5.23. The number of Topliss-reactive ketones (excluding diaryl/α,β-unsaturated/α-hetero) is 1. The van der Waals surface area contributed by atoms with Gasteiger partial charge in [-0.15, -0.1) is 0 Å². The molecule has 1 atom stereocenters. The van der Waals surface area contributed by atoms with E-state index in [1.807, 2.05) is 0 Å². The number of amides is 1. The Bertz CT molecular complexity index is 1240. The molecule has 0 radical (unpaired) electrons. The van der Waals surface area contributed by atoms with Gasteiger partial charge in [0.1, 0.15) is 29.1 Å². The van der Waals surface area contributed by atoms with Crippen LogP contribution in [0, 0.1) is 0 Å². The van der Waals surface area contributed by atoms with Crippen molar-refractivity contribution in [3.05, 3.63) is 81.7 Å². The number of nitrogens with zero attached hydrogens (tertiary/aromatic N) is 1. The van der Waals surface area contributed by atoms with E-state index in [1.54, 1.807) is 36.4 Å². The van der Waals surface area contributed by atoms with E-state index in [-0.39, 0.29) is 27.7 Å². The van der Waals surface area contributed by atoms with Gasteiger partial charge in [0.25, 0.3) is 11.7 Å². The number of rotatable bonds is 5. The Kier molecular flexibility index (Phi) is 5.86. The summed E-state index contributed by atoms with van der Waals surface area (Å²) in [7, 11) is 2.83. The summed E-state index contributed by atoms with van der Waals surface area (Å²) in [4.78, 5) is 27.4. The Morgan fingerprint density at radius 1 is 1.03 bits per heavy atom. The lowest BCUT2D eigenvalue weighted by Crippen LogP contribution is -2.29. The summed E-state index contributed by atoms with van der Waals surface area (Å²) in [5, 5.41) is 11.8. The number of ether oxygens (including phenoxy) is 2. The number of aliphatic hydroxyl groups excluding tert-OH is 1. The molecule has 0 bridgehead atoms. The Hall–Kier alpha value is -3.42. The second-order valence-corrected chi connectivity index (χ2v) is 7.70. The molecule has 1 saturated heterocycles. The van der Waals surface area contributed by atoms with Crippen LogP contribution in [0.25, 0.3) is 5.76 Å². The molecule has 1 aliphatic heterocycles. The van der Waals surface area contributed by atoms with Crippen molar-refractivity contribution in [2.45, 2.75) is 6.04 Å². The molecule has 164 valence electrons. The van der Waals surface area contributed by atoms with E-state index in [9.17, 15) is 14.7 Å². The maximum Gasteiger partial charge on any atom is 0.300 e. The van der Waals surface area contributed by atoms with Gasteiger partial charge in [-0.25, -0.2) is 0 Å². The van der Waals surface area contributed by atoms with Gasteiger partial charge in [-0.1, -0.05) is 29.3 Å². The molecule has 32 heavy (non-hydrogen) atoms. The van der Waals surface area contributed by atoms with Gasteiger partial charge in [-0.05, 0) is 36.4 Å². The van der Waals surface area contributed by atoms with E-state index in [2.05, 4.69) is 0 Å². The molecule has 1 unspecified atom stereocenters. The summed E-state index contributed by atoms with van der Waals surface area (Å²) in [5.41, 5.74) is 0.322. The van der Waals surface area contributed by atoms with Gasteiger partial charge in [-0.3, -0.25) is 14.5 Å². The van der Waals surface area contributed by atoms with Crippen LogP contribution < -0.4 is 14.4 Å². The van der Waals surface area contributed by atoms with Gasteiger partial charge in [0.05, 0.1) is 36.6 Å². The van der Waals surface area contributed by atoms with Crippen LogP contribution in [0.15, 0.2) is 64.8 Å². The highest BCUT2D eigenvalue weighted by Gasteiger charge is 2.48. The molecule has 9 heteroatoms. The highest BCUT2D eigenvalue weighted by atomic mass is 35.5. The first-order chi connectivity index (χ1) is 15.4. The number of furan rings is 1. The normalized spacial score (nSPS) is 17.6. The summed E-state index contributed by atoms with van der Waals surface area (Å²) in [5.74, 6) is -1.38. The van der Waals surface area contributed by atoms with Crippen LogP contribution in [0.2, 0.25) is 10.0 Å². The minimum Gasteiger partial charge on any atom is -0.507 e. The minimum atomic E-state index is -1.03. The zero-order valence-corrected chi connectivity index (χ0v) is 18.5. The molecule has 1 aliphatic rings. The molecule has 3 aromatic rings. The summed E-state index contributed by atoms with van der Waals surface area (Å²) < 4.78 is 16.1. The molecule has 4 rings (SSSR count). The number of hydrogen-bond acceptors (Lipinski definition) is 6. The third-order valence-electron chi connectivity index (χ3n) is 5.07. The average Bonchev–Trinajstić information content (AvgIpc) is 3.40. The van der Waals surface area contributed by atoms with Crippen molar-refractivity contribution in [3.63, 3.8) is 0 Å². The number of methoxy groups -OCH3 is 2. The Balaban J connectivity index is 1.96. The topological polar surface area (TPSA) is 89.2 Å². The van der Waals surface area contributed by atoms with Gasteiger partial charge in [0.15, 0.2) is 0 Å². The van der Waals surface area contributed by atoms with Crippen molar-refractivity contribution in [2.24, 2.45) is 0 Å². The second kappa shape index (κ2) is 8.61. The summed E-state index contributed by atoms with van der Waals surface area (Å²) >= 11 is 12.4. The minimum absolute atomic E-state index is 0.124. The van der Waals surface area contributed by atoms with E-state index >= 15 is 0 Å². The lowest BCUT2D eigenvalue weighted by atomic mass is 9.98. The number of carbonyl (C=O) groups excluding carboxylic acids is 2. The highest BCUT2D eigenvalue weighted by molar-refractivity contribution is 6.51. The summed E-state index contributed by atoms with van der Waals surface area (Å²) in [6.07, 6.45) is 1.41. The number of halogens is 2. The fourth-order valence-electron chi connectivity index (χ4n) is 3.63. The number of benzene rings is 2. The molecular weight excluding hydrogens is 457 g/mol. The number of hydrogen-bond donors (Lipinski definition) is 1. The molecule has 2 aromatic carbocycles. The first-order valence-electron chi connectivity index (χ1n) is 9.39. The quantitative estimate of drug-likeness (QED) is 0.310. The molecule has 0 saturated carbocycles. The molecule has 1 aromatic heterocycles. The molecule has 0 aliphatic carbocycles. The van der Waals surface area contributed by atoms with Crippen LogP contribution in [0.3, 0.4) is 0 Å². The first kappa shape index (κ1) is 21.8. The lowest BCUT2D eigenvalue weighted by molar-refractivity contribution is -0.132. The van der Waals surface area contributed by atoms with E-state index in [0.717, 1.165) is 0 Å². The van der Waals surface area contributed by atoms with Crippen LogP contribution in [-0.4, -0.2) is 31.0 Å². The van der Waals surface area contributed by atoms with Crippen LogP contribution in [0.4, 0.5) is 5.69 Å². The Morgan fingerprint density at radius 2 is 1.78 bits per heavy atom. The van der Waals surface area contributed by atoms with Gasteiger partial charge in [0.2, 0.25) is 0 Å². The first-order valence-corrected chi connectivity index (χ1v) is 10.1. The molecule has 1 N–H and O–H groups in total. The van der Waals surface area contributed by atoms with Crippen LogP contribution in [-0.2, 0) is 9.59 Å². The van der Waals surface area contributed by atoms with Crippen molar-refractivity contribution in [1.82, 2.24) is 0 Å². The van der Waals surface area contributed by atoms with E-state index < -0.39 is 23.5 Å². The average molecular weight is 474 g/mol. The zero-order valence-electron chi connectivity index (χ0n) is 17.0. The lowest BCUT2D eigenvalue weighted by Gasteiger charge is -2.23. The molecular formula is C23H17Cl2NO6. The van der Waals surface area contributed by atoms with Crippen LogP contribution in [0.1, 0.15) is 17.4 Å². The van der Waals surface area contributed by atoms with Crippen molar-refractivity contribution in [1.29, 1.82) is 0 Å².